The second-order valence-electron chi connectivity index (χ2n) is 7.38. The van der Waals surface area contributed by atoms with Crippen LogP contribution in [0.15, 0.2) is 72.9 Å². The standard InChI is InChI=1S/C26H21FN2O3S/c1-16(30)23-11-12-24(33-23)22-13-19(15-28-25(22)18-5-7-20(27)8-6-18)26(31)29-14-17-3-9-21(32-2)10-4-17/h3-13,15H,14H2,1-2H3,(H,29,31). The maximum atomic E-state index is 13.4. The summed E-state index contributed by atoms with van der Waals surface area (Å²) in [4.78, 5) is 30.6. The number of aromatic nitrogens is 1. The summed E-state index contributed by atoms with van der Waals surface area (Å²) in [5, 5.41) is 2.90. The summed E-state index contributed by atoms with van der Waals surface area (Å²) in [5.41, 5.74) is 3.36. The minimum atomic E-state index is -0.343. The van der Waals surface area contributed by atoms with Gasteiger partial charge >= 0.3 is 0 Å². The lowest BCUT2D eigenvalue weighted by atomic mass is 10.0. The van der Waals surface area contributed by atoms with Gasteiger partial charge in [0.2, 0.25) is 0 Å². The Bertz CT molecular complexity index is 1300. The fourth-order valence-corrected chi connectivity index (χ4v) is 4.23. The molecule has 2 aromatic carbocycles. The van der Waals surface area contributed by atoms with Crippen LogP contribution in [0.4, 0.5) is 4.39 Å². The summed E-state index contributed by atoms with van der Waals surface area (Å²) < 4.78 is 18.6. The van der Waals surface area contributed by atoms with Crippen molar-refractivity contribution in [1.29, 1.82) is 0 Å². The highest BCUT2D eigenvalue weighted by atomic mass is 32.1. The van der Waals surface area contributed by atoms with Crippen molar-refractivity contribution in [2.24, 2.45) is 0 Å². The lowest BCUT2D eigenvalue weighted by Crippen LogP contribution is -2.23. The van der Waals surface area contributed by atoms with E-state index in [0.717, 1.165) is 21.8 Å². The summed E-state index contributed by atoms with van der Waals surface area (Å²) in [6.45, 7) is 1.86. The molecule has 0 aliphatic carbocycles. The first-order valence-corrected chi connectivity index (χ1v) is 11.0. The zero-order valence-electron chi connectivity index (χ0n) is 18.1. The van der Waals surface area contributed by atoms with E-state index in [0.29, 0.717) is 28.2 Å². The average molecular weight is 461 g/mol. The van der Waals surface area contributed by atoms with E-state index in [1.54, 1.807) is 31.4 Å². The molecule has 2 heterocycles. The van der Waals surface area contributed by atoms with Crippen molar-refractivity contribution in [3.63, 3.8) is 0 Å². The molecule has 2 aromatic heterocycles. The zero-order valence-corrected chi connectivity index (χ0v) is 18.9. The number of hydrogen-bond donors (Lipinski definition) is 1. The Labute approximate surface area is 194 Å². The third kappa shape index (κ3) is 5.15. The van der Waals surface area contributed by atoms with Crippen molar-refractivity contribution >= 4 is 23.0 Å². The van der Waals surface area contributed by atoms with Crippen molar-refractivity contribution < 1.29 is 18.7 Å². The lowest BCUT2D eigenvalue weighted by molar-refractivity contribution is 0.0949. The third-order valence-corrected chi connectivity index (χ3v) is 6.32. The van der Waals surface area contributed by atoms with Gasteiger partial charge in [-0.2, -0.15) is 0 Å². The Morgan fingerprint density at radius 3 is 2.39 bits per heavy atom. The third-order valence-electron chi connectivity index (χ3n) is 5.10. The number of rotatable bonds is 7. The van der Waals surface area contributed by atoms with E-state index in [4.69, 9.17) is 4.74 Å². The lowest BCUT2D eigenvalue weighted by Gasteiger charge is -2.11. The molecule has 1 amide bonds. The summed E-state index contributed by atoms with van der Waals surface area (Å²) in [6.07, 6.45) is 1.50. The van der Waals surface area contributed by atoms with Crippen molar-refractivity contribution in [2.45, 2.75) is 13.5 Å². The molecule has 0 bridgehead atoms. The first-order chi connectivity index (χ1) is 15.9. The number of hydrogen-bond acceptors (Lipinski definition) is 5. The molecule has 5 nitrogen and oxygen atoms in total. The van der Waals surface area contributed by atoms with Crippen LogP contribution in [0.5, 0.6) is 5.75 Å². The SMILES string of the molecule is COc1ccc(CNC(=O)c2cnc(-c3ccc(F)cc3)c(-c3ccc(C(C)=O)s3)c2)cc1. The average Bonchev–Trinajstić information content (AvgIpc) is 3.34. The molecule has 0 radical (unpaired) electrons. The van der Waals surface area contributed by atoms with E-state index < -0.39 is 0 Å². The number of nitrogens with zero attached hydrogens (tertiary/aromatic N) is 1. The Kier molecular flexibility index (Phi) is 6.60. The molecule has 166 valence electrons. The van der Waals surface area contributed by atoms with E-state index in [1.807, 2.05) is 30.3 Å². The van der Waals surface area contributed by atoms with E-state index in [9.17, 15) is 14.0 Å². The minimum absolute atomic E-state index is 0.0315. The number of benzene rings is 2. The van der Waals surface area contributed by atoms with Crippen LogP contribution in [0.2, 0.25) is 0 Å². The number of nitrogens with one attached hydrogen (secondary N) is 1. The van der Waals surface area contributed by atoms with Gasteiger partial charge in [0.15, 0.2) is 5.78 Å². The quantitative estimate of drug-likeness (QED) is 0.356. The molecule has 1 N–H and O–H groups in total. The number of carbonyl (C=O) groups is 2. The van der Waals surface area contributed by atoms with Crippen molar-refractivity contribution in [3.8, 4) is 27.4 Å². The zero-order chi connectivity index (χ0) is 23.4. The largest absolute Gasteiger partial charge is 0.497 e. The summed E-state index contributed by atoms with van der Waals surface area (Å²) in [6, 6.07) is 18.8. The number of methoxy groups -OCH3 is 1. The van der Waals surface area contributed by atoms with Gasteiger partial charge in [-0.1, -0.05) is 12.1 Å². The Morgan fingerprint density at radius 1 is 1.03 bits per heavy atom. The molecule has 0 aliphatic rings. The smallest absolute Gasteiger partial charge is 0.253 e. The van der Waals surface area contributed by atoms with E-state index >= 15 is 0 Å². The highest BCUT2D eigenvalue weighted by molar-refractivity contribution is 7.17. The molecule has 0 saturated carbocycles. The molecular formula is C26H21FN2O3S. The van der Waals surface area contributed by atoms with Crippen LogP contribution in [0.1, 0.15) is 32.5 Å². The summed E-state index contributed by atoms with van der Waals surface area (Å²) >= 11 is 1.33. The molecular weight excluding hydrogens is 439 g/mol. The van der Waals surface area contributed by atoms with Gasteiger partial charge in [0.25, 0.3) is 5.91 Å². The molecule has 33 heavy (non-hydrogen) atoms. The monoisotopic (exact) mass is 460 g/mol. The Morgan fingerprint density at radius 2 is 1.76 bits per heavy atom. The second kappa shape index (κ2) is 9.75. The molecule has 0 spiro atoms. The number of carbonyl (C=O) groups excluding carboxylic acids is 2. The number of ether oxygens (including phenoxy) is 1. The summed E-state index contributed by atoms with van der Waals surface area (Å²) in [5.74, 6) is 0.102. The Balaban J connectivity index is 1.65. The van der Waals surface area contributed by atoms with Gasteiger partial charge in [-0.3, -0.25) is 14.6 Å². The van der Waals surface area contributed by atoms with Gasteiger partial charge < -0.3 is 10.1 Å². The van der Waals surface area contributed by atoms with Crippen LogP contribution < -0.4 is 10.1 Å². The maximum Gasteiger partial charge on any atom is 0.253 e. The number of pyridine rings is 1. The van der Waals surface area contributed by atoms with Gasteiger partial charge in [-0.25, -0.2) is 4.39 Å². The number of thiophene rings is 1. The highest BCUT2D eigenvalue weighted by Gasteiger charge is 2.16. The molecule has 0 fully saturated rings. The second-order valence-corrected chi connectivity index (χ2v) is 8.46. The molecule has 7 heteroatoms. The van der Waals surface area contributed by atoms with E-state index in [-0.39, 0.29) is 17.5 Å². The first kappa shape index (κ1) is 22.4. The van der Waals surface area contributed by atoms with Crippen LogP contribution >= 0.6 is 11.3 Å². The van der Waals surface area contributed by atoms with Crippen LogP contribution in [0.3, 0.4) is 0 Å². The molecule has 0 aliphatic heterocycles. The molecule has 4 aromatic rings. The van der Waals surface area contributed by atoms with Gasteiger partial charge in [-0.05, 0) is 67.1 Å². The molecule has 0 unspecified atom stereocenters. The van der Waals surface area contributed by atoms with Gasteiger partial charge in [0.1, 0.15) is 11.6 Å². The molecule has 4 rings (SSSR count). The normalized spacial score (nSPS) is 10.6. The van der Waals surface area contributed by atoms with Crippen molar-refractivity contribution in [2.75, 3.05) is 7.11 Å². The minimum Gasteiger partial charge on any atom is -0.497 e. The number of Topliss-reactive ketones (excluding diaryl/α,β-unsaturated/α-hetero) is 1. The highest BCUT2D eigenvalue weighted by Crippen LogP contribution is 2.35. The predicted molar refractivity (Wildman–Crippen MR) is 127 cm³/mol. The van der Waals surface area contributed by atoms with Crippen molar-refractivity contribution in [3.05, 3.63) is 94.7 Å². The van der Waals surface area contributed by atoms with Crippen LogP contribution in [-0.2, 0) is 6.54 Å². The van der Waals surface area contributed by atoms with Gasteiger partial charge in [0.05, 0.1) is 23.2 Å². The topological polar surface area (TPSA) is 68.3 Å². The van der Waals surface area contributed by atoms with Crippen LogP contribution in [-0.4, -0.2) is 23.8 Å². The number of ketones is 1. The fourth-order valence-electron chi connectivity index (χ4n) is 3.31. The predicted octanol–water partition coefficient (Wildman–Crippen LogP) is 5.76. The van der Waals surface area contributed by atoms with Crippen LogP contribution in [0.25, 0.3) is 21.7 Å². The fraction of sp³-hybridized carbons (Fsp3) is 0.115. The molecule has 0 saturated heterocycles. The maximum absolute atomic E-state index is 13.4. The van der Waals surface area contributed by atoms with E-state index in [1.165, 1.54) is 36.6 Å². The van der Waals surface area contributed by atoms with Crippen LogP contribution in [0, 0.1) is 5.82 Å². The Hall–Kier alpha value is -3.84. The van der Waals surface area contributed by atoms with Gasteiger partial charge in [-0.15, -0.1) is 11.3 Å². The summed E-state index contributed by atoms with van der Waals surface area (Å²) in [7, 11) is 1.60. The van der Waals surface area contributed by atoms with Crippen molar-refractivity contribution in [1.82, 2.24) is 10.3 Å². The van der Waals surface area contributed by atoms with Gasteiger partial charge in [0, 0.05) is 28.7 Å². The molecule has 0 atom stereocenters. The van der Waals surface area contributed by atoms with E-state index in [2.05, 4.69) is 10.3 Å². The first-order valence-electron chi connectivity index (χ1n) is 10.2. The number of halogens is 1. The number of amides is 1.